The average molecular weight is 273 g/mol. The van der Waals surface area contributed by atoms with Crippen LogP contribution in [0.25, 0.3) is 0 Å². The number of pyridine rings is 2. The maximum atomic E-state index is 5.56. The van der Waals surface area contributed by atoms with Crippen LogP contribution >= 0.6 is 0 Å². The molecular weight excluding hydrogens is 254 g/mol. The van der Waals surface area contributed by atoms with Crippen molar-refractivity contribution in [3.8, 4) is 11.8 Å². The molecule has 20 heavy (non-hydrogen) atoms. The molecule has 0 saturated carbocycles. The van der Waals surface area contributed by atoms with E-state index in [0.717, 1.165) is 12.2 Å². The minimum Gasteiger partial charge on any atom is -0.478 e. The first-order valence-electron chi connectivity index (χ1n) is 6.63. The SMILES string of the molecule is CCOc1ccc(N(C)CCOc2ccccn2)cn1. The Morgan fingerprint density at radius 3 is 2.55 bits per heavy atom. The van der Waals surface area contributed by atoms with Crippen LogP contribution in [0.4, 0.5) is 5.69 Å². The molecule has 2 rings (SSSR count). The van der Waals surface area contributed by atoms with E-state index in [2.05, 4.69) is 14.9 Å². The van der Waals surface area contributed by atoms with Crippen molar-refractivity contribution >= 4 is 5.69 Å². The number of hydrogen-bond acceptors (Lipinski definition) is 5. The highest BCUT2D eigenvalue weighted by atomic mass is 16.5. The summed E-state index contributed by atoms with van der Waals surface area (Å²) in [5, 5.41) is 0. The lowest BCUT2D eigenvalue weighted by Gasteiger charge is -2.19. The van der Waals surface area contributed by atoms with E-state index in [1.807, 2.05) is 44.3 Å². The number of nitrogens with zero attached hydrogens (tertiary/aromatic N) is 3. The molecule has 106 valence electrons. The molecule has 0 aliphatic heterocycles. The van der Waals surface area contributed by atoms with Crippen LogP contribution in [0.5, 0.6) is 11.8 Å². The molecule has 0 aromatic carbocycles. The Balaban J connectivity index is 1.80. The molecule has 0 fully saturated rings. The Kier molecular flexibility index (Phi) is 5.17. The van der Waals surface area contributed by atoms with Gasteiger partial charge in [0.2, 0.25) is 11.8 Å². The van der Waals surface area contributed by atoms with E-state index in [9.17, 15) is 0 Å². The fraction of sp³-hybridized carbons (Fsp3) is 0.333. The van der Waals surface area contributed by atoms with Crippen LogP contribution in [0, 0.1) is 0 Å². The zero-order valence-electron chi connectivity index (χ0n) is 11.8. The Morgan fingerprint density at radius 2 is 1.90 bits per heavy atom. The van der Waals surface area contributed by atoms with Gasteiger partial charge in [-0.1, -0.05) is 6.07 Å². The highest BCUT2D eigenvalue weighted by molar-refractivity contribution is 5.44. The zero-order valence-corrected chi connectivity index (χ0v) is 11.8. The third-order valence-corrected chi connectivity index (χ3v) is 2.77. The molecule has 0 saturated heterocycles. The standard InChI is InChI=1S/C15H19N3O2/c1-3-19-15-8-7-13(12-17-15)18(2)10-11-20-14-6-4-5-9-16-14/h4-9,12H,3,10-11H2,1-2H3. The molecule has 0 amide bonds. The molecule has 2 heterocycles. The van der Waals surface area contributed by atoms with Crippen molar-refractivity contribution in [2.45, 2.75) is 6.92 Å². The molecule has 5 heteroatoms. The third kappa shape index (κ3) is 4.12. The van der Waals surface area contributed by atoms with Gasteiger partial charge in [0.05, 0.1) is 25.0 Å². The molecule has 5 nitrogen and oxygen atoms in total. The monoisotopic (exact) mass is 273 g/mol. The first-order valence-corrected chi connectivity index (χ1v) is 6.63. The van der Waals surface area contributed by atoms with Crippen LogP contribution in [-0.2, 0) is 0 Å². The van der Waals surface area contributed by atoms with Gasteiger partial charge in [0.25, 0.3) is 0 Å². The Morgan fingerprint density at radius 1 is 1.05 bits per heavy atom. The zero-order chi connectivity index (χ0) is 14.2. The Bertz CT molecular complexity index is 502. The summed E-state index contributed by atoms with van der Waals surface area (Å²) in [7, 11) is 2.00. The lowest BCUT2D eigenvalue weighted by atomic mass is 10.4. The third-order valence-electron chi connectivity index (χ3n) is 2.77. The number of ether oxygens (including phenoxy) is 2. The molecule has 2 aromatic heterocycles. The van der Waals surface area contributed by atoms with Gasteiger partial charge < -0.3 is 14.4 Å². The maximum Gasteiger partial charge on any atom is 0.213 e. The van der Waals surface area contributed by atoms with Crippen molar-refractivity contribution in [1.29, 1.82) is 0 Å². The molecule has 0 atom stereocenters. The number of likely N-dealkylation sites (N-methyl/N-ethyl adjacent to an activating group) is 1. The summed E-state index contributed by atoms with van der Waals surface area (Å²) in [5.74, 6) is 1.29. The van der Waals surface area contributed by atoms with Crippen molar-refractivity contribution in [3.63, 3.8) is 0 Å². The summed E-state index contributed by atoms with van der Waals surface area (Å²) in [5.41, 5.74) is 1.03. The molecule has 0 aliphatic carbocycles. The predicted molar refractivity (Wildman–Crippen MR) is 78.4 cm³/mol. The Labute approximate surface area is 119 Å². The van der Waals surface area contributed by atoms with Crippen LogP contribution in [0.3, 0.4) is 0 Å². The second kappa shape index (κ2) is 7.33. The van der Waals surface area contributed by atoms with E-state index in [0.29, 0.717) is 25.0 Å². The fourth-order valence-electron chi connectivity index (χ4n) is 1.68. The van der Waals surface area contributed by atoms with E-state index in [-0.39, 0.29) is 0 Å². The minimum absolute atomic E-state index is 0.570. The smallest absolute Gasteiger partial charge is 0.213 e. The molecule has 0 aliphatic rings. The molecular formula is C15H19N3O2. The average Bonchev–Trinajstić information content (AvgIpc) is 2.49. The molecule has 2 aromatic rings. The van der Waals surface area contributed by atoms with Gasteiger partial charge in [0.15, 0.2) is 0 Å². The van der Waals surface area contributed by atoms with Crippen molar-refractivity contribution < 1.29 is 9.47 Å². The van der Waals surface area contributed by atoms with Crippen LogP contribution in [-0.4, -0.2) is 36.8 Å². The van der Waals surface area contributed by atoms with Crippen molar-refractivity contribution in [1.82, 2.24) is 9.97 Å². The highest BCUT2D eigenvalue weighted by Crippen LogP contribution is 2.15. The summed E-state index contributed by atoms with van der Waals surface area (Å²) >= 11 is 0. The Hall–Kier alpha value is -2.30. The second-order valence-corrected chi connectivity index (χ2v) is 4.23. The van der Waals surface area contributed by atoms with E-state index >= 15 is 0 Å². The second-order valence-electron chi connectivity index (χ2n) is 4.23. The lowest BCUT2D eigenvalue weighted by Crippen LogP contribution is -2.24. The normalized spacial score (nSPS) is 10.1. The summed E-state index contributed by atoms with van der Waals surface area (Å²) in [4.78, 5) is 10.4. The van der Waals surface area contributed by atoms with Crippen LogP contribution in [0.2, 0.25) is 0 Å². The highest BCUT2D eigenvalue weighted by Gasteiger charge is 2.03. The van der Waals surface area contributed by atoms with Gasteiger partial charge in [0.1, 0.15) is 6.61 Å². The minimum atomic E-state index is 0.570. The van der Waals surface area contributed by atoms with Crippen molar-refractivity contribution in [2.24, 2.45) is 0 Å². The first kappa shape index (κ1) is 14.1. The van der Waals surface area contributed by atoms with Gasteiger partial charge in [-0.15, -0.1) is 0 Å². The molecule has 0 spiro atoms. The largest absolute Gasteiger partial charge is 0.478 e. The van der Waals surface area contributed by atoms with Gasteiger partial charge in [-0.3, -0.25) is 0 Å². The number of hydrogen-bond donors (Lipinski definition) is 0. The first-order chi connectivity index (χ1) is 9.79. The van der Waals surface area contributed by atoms with Gasteiger partial charge in [0, 0.05) is 25.4 Å². The molecule has 0 radical (unpaired) electrons. The summed E-state index contributed by atoms with van der Waals surface area (Å²) in [6.07, 6.45) is 3.52. The van der Waals surface area contributed by atoms with E-state index in [4.69, 9.17) is 9.47 Å². The van der Waals surface area contributed by atoms with Crippen LogP contribution in [0.15, 0.2) is 42.7 Å². The summed E-state index contributed by atoms with van der Waals surface area (Å²) in [6.45, 7) is 3.89. The predicted octanol–water partition coefficient (Wildman–Crippen LogP) is 2.39. The molecule has 0 unspecified atom stereocenters. The fourth-order valence-corrected chi connectivity index (χ4v) is 1.68. The molecule has 0 bridgehead atoms. The number of rotatable bonds is 7. The topological polar surface area (TPSA) is 47.5 Å². The number of anilines is 1. The summed E-state index contributed by atoms with van der Waals surface area (Å²) in [6, 6.07) is 9.47. The lowest BCUT2D eigenvalue weighted by molar-refractivity contribution is 0.313. The van der Waals surface area contributed by atoms with E-state index in [1.54, 1.807) is 12.4 Å². The van der Waals surface area contributed by atoms with Crippen LogP contribution in [0.1, 0.15) is 6.92 Å². The van der Waals surface area contributed by atoms with E-state index in [1.165, 1.54) is 0 Å². The van der Waals surface area contributed by atoms with Crippen LogP contribution < -0.4 is 14.4 Å². The van der Waals surface area contributed by atoms with Gasteiger partial charge in [-0.2, -0.15) is 0 Å². The van der Waals surface area contributed by atoms with Gasteiger partial charge in [-0.25, -0.2) is 9.97 Å². The van der Waals surface area contributed by atoms with Crippen molar-refractivity contribution in [2.75, 3.05) is 31.7 Å². The quantitative estimate of drug-likeness (QED) is 0.775. The summed E-state index contributed by atoms with van der Waals surface area (Å²) < 4.78 is 10.9. The van der Waals surface area contributed by atoms with Gasteiger partial charge in [-0.05, 0) is 19.1 Å². The maximum absolute atomic E-state index is 5.56. The molecule has 0 N–H and O–H groups in total. The van der Waals surface area contributed by atoms with Crippen molar-refractivity contribution in [3.05, 3.63) is 42.7 Å². The number of aromatic nitrogens is 2. The van der Waals surface area contributed by atoms with Gasteiger partial charge >= 0.3 is 0 Å². The van der Waals surface area contributed by atoms with E-state index < -0.39 is 0 Å².